The van der Waals surface area contributed by atoms with Gasteiger partial charge in [-0.15, -0.1) is 17.7 Å². The van der Waals surface area contributed by atoms with E-state index in [0.717, 1.165) is 5.56 Å². The number of halogens is 1. The Hall–Kier alpha value is -2.18. The largest absolute Gasteiger partial charge is 0.504 e. The number of nitrogens with zero attached hydrogens (tertiary/aromatic N) is 3. The van der Waals surface area contributed by atoms with E-state index in [1.54, 1.807) is 36.4 Å². The van der Waals surface area contributed by atoms with Gasteiger partial charge in [0, 0.05) is 10.6 Å². The van der Waals surface area contributed by atoms with Crippen LogP contribution >= 0.6 is 24.2 Å². The Labute approximate surface area is 130 Å². The van der Waals surface area contributed by atoms with Gasteiger partial charge in [0.2, 0.25) is 0 Å². The molecule has 1 aromatic heterocycles. The first-order chi connectivity index (χ1) is 10.1. The summed E-state index contributed by atoms with van der Waals surface area (Å²) in [5.41, 5.74) is 1.70. The molecule has 0 aliphatic carbocycles. The lowest BCUT2D eigenvalue weighted by Crippen LogP contribution is -2.00. The van der Waals surface area contributed by atoms with Crippen LogP contribution in [0.1, 0.15) is 0 Å². The maximum atomic E-state index is 9.99. The second kappa shape index (κ2) is 5.31. The zero-order chi connectivity index (χ0) is 15.0. The molecule has 0 unspecified atom stereocenters. The highest BCUT2D eigenvalue weighted by atomic mass is 35.5. The number of benzene rings is 2. The number of phenolic OH excluding ortho intramolecular Hbond substituents is 2. The summed E-state index contributed by atoms with van der Waals surface area (Å²) in [5, 5.41) is 28.5. The maximum Gasteiger partial charge on any atom is 0.183 e. The fraction of sp³-hybridized carbons (Fsp3) is 0. The molecule has 2 N–H and O–H groups in total. The Bertz CT molecular complexity index is 802. The van der Waals surface area contributed by atoms with Crippen LogP contribution in [0.2, 0.25) is 5.02 Å². The molecule has 1 heterocycles. The van der Waals surface area contributed by atoms with Crippen molar-refractivity contribution in [2.75, 3.05) is 0 Å². The van der Waals surface area contributed by atoms with Gasteiger partial charge in [-0.05, 0) is 24.3 Å². The van der Waals surface area contributed by atoms with Crippen LogP contribution in [0.3, 0.4) is 0 Å². The molecule has 5 nitrogen and oxygen atoms in total. The molecule has 0 atom stereocenters. The summed E-state index contributed by atoms with van der Waals surface area (Å²) in [5.74, 6) is -0.503. The summed E-state index contributed by atoms with van der Waals surface area (Å²) >= 11 is 10.2. The minimum Gasteiger partial charge on any atom is -0.504 e. The van der Waals surface area contributed by atoms with Crippen molar-refractivity contribution in [3.05, 3.63) is 47.5 Å². The maximum absolute atomic E-state index is 9.99. The third-order valence-corrected chi connectivity index (χ3v) is 3.54. The molecule has 3 aromatic rings. The van der Waals surface area contributed by atoms with Crippen molar-refractivity contribution in [1.82, 2.24) is 15.0 Å². The average molecular weight is 320 g/mol. The smallest absolute Gasteiger partial charge is 0.183 e. The molecule has 0 bridgehead atoms. The number of para-hydroxylation sites is 1. The van der Waals surface area contributed by atoms with Crippen LogP contribution in [-0.4, -0.2) is 25.2 Å². The van der Waals surface area contributed by atoms with Gasteiger partial charge < -0.3 is 10.2 Å². The predicted molar refractivity (Wildman–Crippen MR) is 82.4 cm³/mol. The van der Waals surface area contributed by atoms with E-state index in [9.17, 15) is 10.2 Å². The summed E-state index contributed by atoms with van der Waals surface area (Å²) in [6.45, 7) is 0. The highest BCUT2D eigenvalue weighted by molar-refractivity contribution is 7.80. The molecule has 0 saturated carbocycles. The predicted octanol–water partition coefficient (Wildman–Crippen LogP) is 3.29. The monoisotopic (exact) mass is 319 g/mol. The van der Waals surface area contributed by atoms with Gasteiger partial charge in [0.25, 0.3) is 0 Å². The Balaban J connectivity index is 2.22. The van der Waals surface area contributed by atoms with Crippen molar-refractivity contribution in [3.8, 4) is 28.4 Å². The number of hydrogen-bond acceptors (Lipinski definition) is 5. The van der Waals surface area contributed by atoms with Crippen molar-refractivity contribution in [3.63, 3.8) is 0 Å². The molecule has 106 valence electrons. The van der Waals surface area contributed by atoms with Gasteiger partial charge >= 0.3 is 0 Å². The number of hydrogen-bond donors (Lipinski definition) is 3. The van der Waals surface area contributed by atoms with E-state index < -0.39 is 0 Å². The molecular weight excluding hydrogens is 310 g/mol. The molecule has 0 amide bonds. The average Bonchev–Trinajstić information content (AvgIpc) is 2.85. The van der Waals surface area contributed by atoms with E-state index in [4.69, 9.17) is 11.6 Å². The van der Waals surface area contributed by atoms with Gasteiger partial charge in [0.05, 0.1) is 0 Å². The van der Waals surface area contributed by atoms with Crippen molar-refractivity contribution in [2.45, 2.75) is 5.03 Å². The van der Waals surface area contributed by atoms with Crippen LogP contribution in [0.15, 0.2) is 47.5 Å². The van der Waals surface area contributed by atoms with Gasteiger partial charge in [-0.25, -0.2) is 4.68 Å². The van der Waals surface area contributed by atoms with E-state index in [0.29, 0.717) is 21.4 Å². The van der Waals surface area contributed by atoms with E-state index in [1.165, 1.54) is 10.7 Å². The zero-order valence-corrected chi connectivity index (χ0v) is 12.3. The van der Waals surface area contributed by atoms with E-state index in [-0.39, 0.29) is 11.5 Å². The van der Waals surface area contributed by atoms with Crippen LogP contribution in [0.5, 0.6) is 11.5 Å². The molecule has 0 aliphatic rings. The van der Waals surface area contributed by atoms with Gasteiger partial charge in [0.15, 0.2) is 11.5 Å². The lowest BCUT2D eigenvalue weighted by molar-refractivity contribution is 0.401. The fourth-order valence-corrected chi connectivity index (χ4v) is 2.38. The molecule has 3 rings (SSSR count). The number of rotatable bonds is 2. The molecule has 0 radical (unpaired) electrons. The summed E-state index contributed by atoms with van der Waals surface area (Å²) in [7, 11) is 0. The van der Waals surface area contributed by atoms with Crippen molar-refractivity contribution in [1.29, 1.82) is 0 Å². The molecule has 21 heavy (non-hydrogen) atoms. The third kappa shape index (κ3) is 2.43. The second-order valence-corrected chi connectivity index (χ2v) is 5.19. The second-order valence-electron chi connectivity index (χ2n) is 4.33. The summed E-state index contributed by atoms with van der Waals surface area (Å²) in [4.78, 5) is 0. The van der Waals surface area contributed by atoms with E-state index in [2.05, 4.69) is 22.9 Å². The Kier molecular flexibility index (Phi) is 3.48. The quantitative estimate of drug-likeness (QED) is 0.501. The zero-order valence-electron chi connectivity index (χ0n) is 10.6. The molecule has 2 aromatic carbocycles. The summed E-state index contributed by atoms with van der Waals surface area (Å²) < 4.78 is 1.42. The lowest BCUT2D eigenvalue weighted by Gasteiger charge is -2.09. The van der Waals surface area contributed by atoms with Crippen molar-refractivity contribution >= 4 is 24.2 Å². The van der Waals surface area contributed by atoms with Gasteiger partial charge in [0.1, 0.15) is 16.4 Å². The first-order valence-electron chi connectivity index (χ1n) is 6.00. The fourth-order valence-electron chi connectivity index (χ4n) is 1.99. The molecule has 0 fully saturated rings. The van der Waals surface area contributed by atoms with E-state index in [1.807, 2.05) is 0 Å². The topological polar surface area (TPSA) is 71.2 Å². The molecule has 0 spiro atoms. The van der Waals surface area contributed by atoms with Crippen LogP contribution in [0.4, 0.5) is 0 Å². The Morgan fingerprint density at radius 2 is 1.76 bits per heavy atom. The van der Waals surface area contributed by atoms with Crippen LogP contribution in [0.25, 0.3) is 16.9 Å². The number of aromatic hydroxyl groups is 2. The van der Waals surface area contributed by atoms with Crippen LogP contribution in [-0.2, 0) is 0 Å². The number of thiol groups is 1. The summed E-state index contributed by atoms with van der Waals surface area (Å²) in [6.07, 6.45) is 0. The minimum atomic E-state index is -0.272. The Morgan fingerprint density at radius 1 is 1.05 bits per heavy atom. The van der Waals surface area contributed by atoms with Gasteiger partial charge in [-0.2, -0.15) is 0 Å². The molecule has 0 saturated heterocycles. The first-order valence-corrected chi connectivity index (χ1v) is 6.82. The first kappa shape index (κ1) is 13.8. The SMILES string of the molecule is Oc1cccc(-n2nnc(S)c2-c2ccc(Cl)cc2)c1O. The molecular formula is C14H10ClN3O2S. The van der Waals surface area contributed by atoms with Crippen LogP contribution in [0, 0.1) is 0 Å². The van der Waals surface area contributed by atoms with Crippen molar-refractivity contribution < 1.29 is 10.2 Å². The van der Waals surface area contributed by atoms with Crippen LogP contribution < -0.4 is 0 Å². The lowest BCUT2D eigenvalue weighted by atomic mass is 10.1. The summed E-state index contributed by atoms with van der Waals surface area (Å²) in [6, 6.07) is 11.7. The molecule has 0 aliphatic heterocycles. The number of aromatic nitrogens is 3. The normalized spacial score (nSPS) is 10.8. The van der Waals surface area contributed by atoms with Gasteiger partial charge in [-0.1, -0.05) is 35.0 Å². The van der Waals surface area contributed by atoms with Gasteiger partial charge in [-0.3, -0.25) is 0 Å². The van der Waals surface area contributed by atoms with E-state index >= 15 is 0 Å². The van der Waals surface area contributed by atoms with Crippen molar-refractivity contribution in [2.24, 2.45) is 0 Å². The standard InChI is InChI=1S/C14H10ClN3O2S/c15-9-6-4-8(5-7-9)12-14(21)16-17-18(12)10-2-1-3-11(19)13(10)20/h1-7,19-21H. The highest BCUT2D eigenvalue weighted by Crippen LogP contribution is 2.35. The minimum absolute atomic E-state index is 0.231. The number of phenols is 2. The Morgan fingerprint density at radius 3 is 2.48 bits per heavy atom. The third-order valence-electron chi connectivity index (χ3n) is 2.99. The highest BCUT2D eigenvalue weighted by Gasteiger charge is 2.17. The molecule has 7 heteroatoms.